The molecule has 1 aliphatic rings. The number of anilines is 1. The monoisotopic (exact) mass is 787 g/mol. The topological polar surface area (TPSA) is 80.1 Å². The van der Waals surface area contributed by atoms with Gasteiger partial charge in [-0.2, -0.15) is 13.2 Å². The molecule has 3 aromatic carbocycles. The van der Waals surface area contributed by atoms with Crippen molar-refractivity contribution in [3.63, 3.8) is 0 Å². The second kappa shape index (κ2) is 16.1. The summed E-state index contributed by atoms with van der Waals surface area (Å²) in [7, 11) is 3.32. The Bertz CT molecular complexity index is 2000. The number of aryl methyl sites for hydroxylation is 1. The lowest BCUT2D eigenvalue weighted by molar-refractivity contribution is -0.137. The molecule has 0 aliphatic carbocycles. The minimum atomic E-state index is -4.49. The van der Waals surface area contributed by atoms with Crippen LogP contribution in [-0.4, -0.2) is 77.4 Å². The summed E-state index contributed by atoms with van der Waals surface area (Å²) >= 11 is 0. The van der Waals surface area contributed by atoms with Crippen LogP contribution >= 0.6 is 17.0 Å². The molecule has 1 saturated heterocycles. The van der Waals surface area contributed by atoms with Gasteiger partial charge in [0.2, 0.25) is 5.88 Å². The highest BCUT2D eigenvalue weighted by atomic mass is 79.9. The first-order chi connectivity index (χ1) is 24.4. The highest BCUT2D eigenvalue weighted by Gasteiger charge is 2.30. The first-order valence-electron chi connectivity index (χ1n) is 16.1. The lowest BCUT2D eigenvalue weighted by atomic mass is 10.1. The molecule has 52 heavy (non-hydrogen) atoms. The molecule has 2 amide bonds. The van der Waals surface area contributed by atoms with Gasteiger partial charge in [0, 0.05) is 69.9 Å². The van der Waals surface area contributed by atoms with E-state index in [1.807, 2.05) is 46.8 Å². The number of amides is 2. The van der Waals surface area contributed by atoms with Gasteiger partial charge >= 0.3 is 6.18 Å². The molecule has 15 heteroatoms. The number of fused-ring (bicyclic) bond motifs is 1. The molecule has 0 N–H and O–H groups in total. The van der Waals surface area contributed by atoms with Gasteiger partial charge in [0.25, 0.3) is 18.2 Å². The Morgan fingerprint density at radius 3 is 2.17 bits per heavy atom. The van der Waals surface area contributed by atoms with Crippen molar-refractivity contribution in [2.75, 3.05) is 44.7 Å². The molecule has 6 rings (SSSR count). The van der Waals surface area contributed by atoms with Gasteiger partial charge < -0.3 is 23.8 Å². The number of carbonyl (C=O) groups excluding carboxylic acids is 2. The summed E-state index contributed by atoms with van der Waals surface area (Å²) in [5.41, 5.74) is 2.04. The first kappa shape index (κ1) is 38.2. The van der Waals surface area contributed by atoms with Crippen LogP contribution in [0.2, 0.25) is 0 Å². The molecule has 0 saturated carbocycles. The zero-order valence-electron chi connectivity index (χ0n) is 28.1. The van der Waals surface area contributed by atoms with Crippen molar-refractivity contribution < 1.29 is 41.0 Å². The second-order valence-corrected chi connectivity index (χ2v) is 12.1. The Morgan fingerprint density at radius 1 is 0.885 bits per heavy atom. The molecule has 0 radical (unpaired) electrons. The fourth-order valence-electron chi connectivity index (χ4n) is 5.82. The van der Waals surface area contributed by atoms with Crippen LogP contribution in [0.15, 0.2) is 91.1 Å². The Labute approximate surface area is 306 Å². The van der Waals surface area contributed by atoms with E-state index in [9.17, 15) is 31.5 Å². The van der Waals surface area contributed by atoms with Gasteiger partial charge in [0.05, 0.1) is 23.0 Å². The number of piperazine rings is 1. The summed E-state index contributed by atoms with van der Waals surface area (Å²) in [6, 6.07) is 21.6. The maximum absolute atomic E-state index is 13.6. The predicted octanol–water partition coefficient (Wildman–Crippen LogP) is 7.84. The molecule has 2 aromatic heterocycles. The molecular formula is C37H35BrF5N5O4. The van der Waals surface area contributed by atoms with E-state index in [1.54, 1.807) is 30.3 Å². The fourth-order valence-corrected chi connectivity index (χ4v) is 5.82. The van der Waals surface area contributed by atoms with Crippen molar-refractivity contribution in [1.82, 2.24) is 19.4 Å². The van der Waals surface area contributed by atoms with E-state index in [0.717, 1.165) is 40.7 Å². The maximum atomic E-state index is 13.6. The van der Waals surface area contributed by atoms with Gasteiger partial charge in [0.1, 0.15) is 23.8 Å². The number of aromatic nitrogens is 2. The van der Waals surface area contributed by atoms with Crippen LogP contribution in [0, 0.1) is 0 Å². The van der Waals surface area contributed by atoms with Crippen molar-refractivity contribution >= 4 is 45.4 Å². The molecule has 274 valence electrons. The van der Waals surface area contributed by atoms with Crippen molar-refractivity contribution in [3.05, 3.63) is 114 Å². The minimum Gasteiger partial charge on any atom is -0.488 e. The first-order valence-corrected chi connectivity index (χ1v) is 16.1. The summed E-state index contributed by atoms with van der Waals surface area (Å²) in [6.45, 7) is 2.50. The average molecular weight is 789 g/mol. The predicted molar refractivity (Wildman–Crippen MR) is 191 cm³/mol. The Hall–Kier alpha value is -5.02. The van der Waals surface area contributed by atoms with Crippen LogP contribution < -0.4 is 14.4 Å². The Kier molecular flexibility index (Phi) is 11.8. The number of nitrogens with zero attached hydrogens (tertiary/aromatic N) is 5. The van der Waals surface area contributed by atoms with E-state index in [2.05, 4.69) is 9.88 Å². The molecule has 3 heterocycles. The molecular weight excluding hydrogens is 753 g/mol. The van der Waals surface area contributed by atoms with Gasteiger partial charge in [0.15, 0.2) is 0 Å². The zero-order valence-corrected chi connectivity index (χ0v) is 29.9. The standard InChI is InChI=1S/C37H34F5N5O4.BrH/c1-44(35(48)25-5-8-27(9-6-25)37(40,41)42)28-10-14-34(43-21-28)51-30-13-7-26-19-32(45(2)31(26)20-30)36(49)47-17-15-46(16-18-47)22-24-3-11-29(12-4-24)50-23-33(38)39;/h3-14,19-21,33H,15-18,22-23H2,1-2H3;1H. The van der Waals surface area contributed by atoms with Crippen LogP contribution in [0.3, 0.4) is 0 Å². The van der Waals surface area contributed by atoms with Crippen LogP contribution in [0.4, 0.5) is 27.6 Å². The van der Waals surface area contributed by atoms with E-state index < -0.39 is 30.7 Å². The summed E-state index contributed by atoms with van der Waals surface area (Å²) < 4.78 is 76.3. The van der Waals surface area contributed by atoms with E-state index >= 15 is 0 Å². The maximum Gasteiger partial charge on any atom is 0.416 e. The number of ether oxygens (including phenoxy) is 2. The second-order valence-electron chi connectivity index (χ2n) is 12.1. The van der Waals surface area contributed by atoms with E-state index in [-0.39, 0.29) is 34.3 Å². The van der Waals surface area contributed by atoms with E-state index in [4.69, 9.17) is 9.47 Å². The highest BCUT2D eigenvalue weighted by molar-refractivity contribution is 8.93. The molecule has 5 aromatic rings. The molecule has 0 spiro atoms. The van der Waals surface area contributed by atoms with Crippen molar-refractivity contribution in [2.24, 2.45) is 7.05 Å². The highest BCUT2D eigenvalue weighted by Crippen LogP contribution is 2.31. The number of pyridine rings is 1. The largest absolute Gasteiger partial charge is 0.488 e. The van der Waals surface area contributed by atoms with E-state index in [0.29, 0.717) is 55.6 Å². The Balaban J connectivity index is 0.00000523. The summed E-state index contributed by atoms with van der Waals surface area (Å²) in [5.74, 6) is 0.566. The van der Waals surface area contributed by atoms with Crippen LogP contribution in [0.1, 0.15) is 32.0 Å². The van der Waals surface area contributed by atoms with Crippen molar-refractivity contribution in [2.45, 2.75) is 19.1 Å². The normalized spacial score (nSPS) is 13.6. The SMILES string of the molecule is Br.CN(C(=O)c1ccc(C(F)(F)F)cc1)c1ccc(Oc2ccc3cc(C(=O)N4CCN(Cc5ccc(OCC(F)F)cc5)CC4)n(C)c3c2)nc1. The van der Waals surface area contributed by atoms with Gasteiger partial charge in [-0.3, -0.25) is 14.5 Å². The summed E-state index contributed by atoms with van der Waals surface area (Å²) in [6.07, 6.45) is -5.59. The lowest BCUT2D eigenvalue weighted by Crippen LogP contribution is -2.48. The summed E-state index contributed by atoms with van der Waals surface area (Å²) in [4.78, 5) is 36.1. The van der Waals surface area contributed by atoms with E-state index in [1.165, 1.54) is 18.1 Å². The Morgan fingerprint density at radius 2 is 1.56 bits per heavy atom. The lowest BCUT2D eigenvalue weighted by Gasteiger charge is -2.34. The average Bonchev–Trinajstić information content (AvgIpc) is 3.46. The van der Waals surface area contributed by atoms with Crippen LogP contribution in [0.5, 0.6) is 17.4 Å². The molecule has 1 aliphatic heterocycles. The fraction of sp³-hybridized carbons (Fsp3) is 0.270. The van der Waals surface area contributed by atoms with Crippen LogP contribution in [-0.2, 0) is 19.8 Å². The molecule has 9 nitrogen and oxygen atoms in total. The van der Waals surface area contributed by atoms with Gasteiger partial charge in [-0.05, 0) is 66.2 Å². The van der Waals surface area contributed by atoms with Crippen LogP contribution in [0.25, 0.3) is 10.9 Å². The quantitative estimate of drug-likeness (QED) is 0.134. The number of hydrogen-bond acceptors (Lipinski definition) is 6. The van der Waals surface area contributed by atoms with Gasteiger partial charge in [-0.1, -0.05) is 12.1 Å². The summed E-state index contributed by atoms with van der Waals surface area (Å²) in [5, 5.41) is 0.861. The van der Waals surface area contributed by atoms with Gasteiger partial charge in [-0.25, -0.2) is 13.8 Å². The zero-order chi connectivity index (χ0) is 36.3. The number of hydrogen-bond donors (Lipinski definition) is 0. The molecule has 0 unspecified atom stereocenters. The third-order valence-corrected chi connectivity index (χ3v) is 8.70. The van der Waals surface area contributed by atoms with Gasteiger partial charge in [-0.15, -0.1) is 17.0 Å². The number of benzene rings is 3. The minimum absolute atomic E-state index is 0. The molecule has 0 atom stereocenters. The number of alkyl halides is 5. The number of halogens is 6. The third kappa shape index (κ3) is 8.88. The molecule has 1 fully saturated rings. The third-order valence-electron chi connectivity index (χ3n) is 8.70. The van der Waals surface area contributed by atoms with Crippen molar-refractivity contribution in [1.29, 1.82) is 0 Å². The number of carbonyl (C=O) groups is 2. The van der Waals surface area contributed by atoms with Crippen molar-refractivity contribution in [3.8, 4) is 17.4 Å². The number of rotatable bonds is 10. The smallest absolute Gasteiger partial charge is 0.416 e. The molecule has 0 bridgehead atoms.